The van der Waals surface area contributed by atoms with Crippen molar-refractivity contribution in [1.82, 2.24) is 19.8 Å². The molecule has 0 spiro atoms. The van der Waals surface area contributed by atoms with Gasteiger partial charge < -0.3 is 10.1 Å². The average molecular weight is 436 g/mol. The summed E-state index contributed by atoms with van der Waals surface area (Å²) in [5.74, 6) is 0.464. The SMILES string of the molecule is COc1ccc(-c2ccc3nnc(SCC(=O)Nc4cccc([N+](=O)[O-])c4)n3n2)cc1. The van der Waals surface area contributed by atoms with Gasteiger partial charge >= 0.3 is 0 Å². The normalized spacial score (nSPS) is 10.7. The summed E-state index contributed by atoms with van der Waals surface area (Å²) in [6.45, 7) is 0. The first-order chi connectivity index (χ1) is 15.0. The van der Waals surface area contributed by atoms with Crippen molar-refractivity contribution in [2.45, 2.75) is 5.16 Å². The molecule has 4 rings (SSSR count). The number of anilines is 1. The van der Waals surface area contributed by atoms with Crippen LogP contribution in [0, 0.1) is 10.1 Å². The van der Waals surface area contributed by atoms with Crippen LogP contribution in [0.1, 0.15) is 0 Å². The first kappa shape index (κ1) is 20.3. The number of nitrogens with zero attached hydrogens (tertiary/aromatic N) is 5. The maximum atomic E-state index is 12.3. The number of benzene rings is 2. The summed E-state index contributed by atoms with van der Waals surface area (Å²) in [6.07, 6.45) is 0. The molecule has 0 aliphatic rings. The van der Waals surface area contributed by atoms with E-state index in [1.165, 1.54) is 30.0 Å². The molecule has 2 aromatic carbocycles. The first-order valence-electron chi connectivity index (χ1n) is 9.07. The van der Waals surface area contributed by atoms with Gasteiger partial charge in [0, 0.05) is 23.4 Å². The molecule has 0 saturated carbocycles. The maximum Gasteiger partial charge on any atom is 0.271 e. The number of nitrogens with one attached hydrogen (secondary N) is 1. The van der Waals surface area contributed by atoms with Crippen molar-refractivity contribution in [3.05, 3.63) is 70.8 Å². The summed E-state index contributed by atoms with van der Waals surface area (Å²) >= 11 is 1.17. The molecule has 1 N–H and O–H groups in total. The van der Waals surface area contributed by atoms with Crippen LogP contribution in [0.25, 0.3) is 16.9 Å². The molecule has 156 valence electrons. The molecule has 2 aromatic heterocycles. The molecular formula is C20H16N6O4S. The van der Waals surface area contributed by atoms with Gasteiger partial charge in [-0.2, -0.15) is 9.61 Å². The van der Waals surface area contributed by atoms with Crippen LogP contribution in [-0.4, -0.2) is 43.5 Å². The molecule has 0 aliphatic carbocycles. The quantitative estimate of drug-likeness (QED) is 0.265. The lowest BCUT2D eigenvalue weighted by molar-refractivity contribution is -0.384. The second-order valence-corrected chi connectivity index (χ2v) is 7.29. The second-order valence-electron chi connectivity index (χ2n) is 6.34. The molecule has 0 saturated heterocycles. The Morgan fingerprint density at radius 3 is 2.71 bits per heavy atom. The standard InChI is InChI=1S/C20H16N6O4S/c1-30-16-7-5-13(6-8-16)17-9-10-18-22-23-20(25(18)24-17)31-12-19(27)21-14-3-2-4-15(11-14)26(28)29/h2-11H,12H2,1H3,(H,21,27). The Morgan fingerprint density at radius 2 is 1.97 bits per heavy atom. The van der Waals surface area contributed by atoms with E-state index >= 15 is 0 Å². The predicted molar refractivity (Wildman–Crippen MR) is 115 cm³/mol. The third kappa shape index (κ3) is 4.61. The number of nitro benzene ring substituents is 1. The van der Waals surface area contributed by atoms with E-state index in [0.717, 1.165) is 17.0 Å². The van der Waals surface area contributed by atoms with Gasteiger partial charge in [0.2, 0.25) is 11.1 Å². The topological polar surface area (TPSA) is 125 Å². The Bertz CT molecular complexity index is 1260. The number of hydrogen-bond acceptors (Lipinski definition) is 8. The molecule has 11 heteroatoms. The highest BCUT2D eigenvalue weighted by molar-refractivity contribution is 7.99. The van der Waals surface area contributed by atoms with Gasteiger partial charge in [-0.25, -0.2) is 0 Å². The second kappa shape index (κ2) is 8.79. The van der Waals surface area contributed by atoms with E-state index in [2.05, 4.69) is 20.6 Å². The number of carbonyl (C=O) groups excluding carboxylic acids is 1. The number of ether oxygens (including phenoxy) is 1. The van der Waals surface area contributed by atoms with Gasteiger partial charge in [0.25, 0.3) is 5.69 Å². The van der Waals surface area contributed by atoms with Crippen LogP contribution in [0.5, 0.6) is 5.75 Å². The molecule has 0 fully saturated rings. The number of methoxy groups -OCH3 is 1. The number of thioether (sulfide) groups is 1. The van der Waals surface area contributed by atoms with Gasteiger partial charge in [0.1, 0.15) is 5.75 Å². The van der Waals surface area contributed by atoms with E-state index in [-0.39, 0.29) is 17.3 Å². The van der Waals surface area contributed by atoms with Crippen molar-refractivity contribution in [2.24, 2.45) is 0 Å². The fraction of sp³-hybridized carbons (Fsp3) is 0.100. The number of rotatable bonds is 7. The van der Waals surface area contributed by atoms with E-state index in [1.54, 1.807) is 23.8 Å². The average Bonchev–Trinajstić information content (AvgIpc) is 3.20. The van der Waals surface area contributed by atoms with Crippen molar-refractivity contribution < 1.29 is 14.5 Å². The molecule has 0 radical (unpaired) electrons. The van der Waals surface area contributed by atoms with Gasteiger partial charge in [-0.15, -0.1) is 10.2 Å². The monoisotopic (exact) mass is 436 g/mol. The van der Waals surface area contributed by atoms with E-state index in [1.807, 2.05) is 30.3 Å². The summed E-state index contributed by atoms with van der Waals surface area (Å²) in [5.41, 5.74) is 2.43. The van der Waals surface area contributed by atoms with E-state index in [0.29, 0.717) is 16.5 Å². The summed E-state index contributed by atoms with van der Waals surface area (Å²) in [4.78, 5) is 22.6. The van der Waals surface area contributed by atoms with Crippen molar-refractivity contribution >= 4 is 34.7 Å². The van der Waals surface area contributed by atoms with E-state index < -0.39 is 4.92 Å². The summed E-state index contributed by atoms with van der Waals surface area (Å²) < 4.78 is 6.75. The summed E-state index contributed by atoms with van der Waals surface area (Å²) in [7, 11) is 1.61. The lowest BCUT2D eigenvalue weighted by atomic mass is 10.1. The lowest BCUT2D eigenvalue weighted by Gasteiger charge is -2.05. The fourth-order valence-electron chi connectivity index (χ4n) is 2.80. The molecule has 0 atom stereocenters. The van der Waals surface area contributed by atoms with Crippen LogP contribution in [0.2, 0.25) is 0 Å². The van der Waals surface area contributed by atoms with Crippen LogP contribution in [0.15, 0.2) is 65.8 Å². The van der Waals surface area contributed by atoms with Gasteiger partial charge in [-0.3, -0.25) is 14.9 Å². The molecule has 10 nitrogen and oxygen atoms in total. The first-order valence-corrected chi connectivity index (χ1v) is 10.1. The zero-order chi connectivity index (χ0) is 21.8. The largest absolute Gasteiger partial charge is 0.497 e. The van der Waals surface area contributed by atoms with Crippen LogP contribution >= 0.6 is 11.8 Å². The molecule has 0 unspecified atom stereocenters. The van der Waals surface area contributed by atoms with Crippen molar-refractivity contribution in [2.75, 3.05) is 18.2 Å². The Kier molecular flexibility index (Phi) is 5.76. The summed E-state index contributed by atoms with van der Waals surface area (Å²) in [5, 5.41) is 26.7. The molecule has 2 heterocycles. The Morgan fingerprint density at radius 1 is 1.16 bits per heavy atom. The number of fused-ring (bicyclic) bond motifs is 1. The Balaban J connectivity index is 1.47. The van der Waals surface area contributed by atoms with Crippen molar-refractivity contribution in [3.63, 3.8) is 0 Å². The van der Waals surface area contributed by atoms with Gasteiger partial charge in [-0.05, 0) is 42.5 Å². The minimum absolute atomic E-state index is 0.0396. The van der Waals surface area contributed by atoms with Crippen LogP contribution in [0.3, 0.4) is 0 Å². The minimum atomic E-state index is -0.515. The van der Waals surface area contributed by atoms with Crippen molar-refractivity contribution in [3.8, 4) is 17.0 Å². The molecule has 1 amide bonds. The zero-order valence-corrected chi connectivity index (χ0v) is 17.1. The Hall–Kier alpha value is -3.99. The van der Waals surface area contributed by atoms with Gasteiger partial charge in [0.05, 0.1) is 23.5 Å². The van der Waals surface area contributed by atoms with Crippen molar-refractivity contribution in [1.29, 1.82) is 0 Å². The number of carbonyl (C=O) groups is 1. The molecular weight excluding hydrogens is 420 g/mol. The number of amides is 1. The van der Waals surface area contributed by atoms with Gasteiger partial charge in [0.15, 0.2) is 5.65 Å². The smallest absolute Gasteiger partial charge is 0.271 e. The predicted octanol–water partition coefficient (Wildman–Crippen LogP) is 3.44. The highest BCUT2D eigenvalue weighted by Gasteiger charge is 2.13. The third-order valence-corrected chi connectivity index (χ3v) is 5.21. The van der Waals surface area contributed by atoms with E-state index in [9.17, 15) is 14.9 Å². The molecule has 0 aliphatic heterocycles. The number of non-ortho nitro benzene ring substituents is 1. The van der Waals surface area contributed by atoms with Crippen LogP contribution in [0.4, 0.5) is 11.4 Å². The minimum Gasteiger partial charge on any atom is -0.497 e. The molecule has 0 bridgehead atoms. The zero-order valence-electron chi connectivity index (χ0n) is 16.3. The molecule has 31 heavy (non-hydrogen) atoms. The maximum absolute atomic E-state index is 12.3. The van der Waals surface area contributed by atoms with E-state index in [4.69, 9.17) is 4.74 Å². The Labute approximate surface area is 180 Å². The van der Waals surface area contributed by atoms with Crippen LogP contribution < -0.4 is 10.1 Å². The van der Waals surface area contributed by atoms with Crippen LogP contribution in [-0.2, 0) is 4.79 Å². The molecule has 4 aromatic rings. The summed E-state index contributed by atoms with van der Waals surface area (Å²) in [6, 6.07) is 16.9. The van der Waals surface area contributed by atoms with Gasteiger partial charge in [-0.1, -0.05) is 17.8 Å². The number of hydrogen-bond donors (Lipinski definition) is 1. The fourth-order valence-corrected chi connectivity index (χ4v) is 3.49. The highest BCUT2D eigenvalue weighted by Crippen LogP contribution is 2.23. The third-order valence-electron chi connectivity index (χ3n) is 4.29. The lowest BCUT2D eigenvalue weighted by Crippen LogP contribution is -2.14. The number of aromatic nitrogens is 4. The number of nitro groups is 1. The highest BCUT2D eigenvalue weighted by atomic mass is 32.2.